The molecule has 0 bridgehead atoms. The number of hydrazine groups is 1. The van der Waals surface area contributed by atoms with Crippen LogP contribution in [0.25, 0.3) is 0 Å². The third-order valence-corrected chi connectivity index (χ3v) is 4.08. The van der Waals surface area contributed by atoms with Gasteiger partial charge in [-0.15, -0.1) is 0 Å². The van der Waals surface area contributed by atoms with Gasteiger partial charge in [-0.05, 0) is 42.8 Å². The predicted octanol–water partition coefficient (Wildman–Crippen LogP) is 3.33. The molecule has 7 nitrogen and oxygen atoms in total. The fraction of sp³-hybridized carbons (Fsp3) is 0.263. The molecule has 0 aliphatic carbocycles. The van der Waals surface area contributed by atoms with Gasteiger partial charge in [-0.1, -0.05) is 22.9 Å². The number of halogens is 1. The fourth-order valence-electron chi connectivity index (χ4n) is 2.25. The van der Waals surface area contributed by atoms with E-state index in [1.807, 2.05) is 6.92 Å². The molecule has 0 saturated heterocycles. The highest BCUT2D eigenvalue weighted by Crippen LogP contribution is 2.27. The van der Waals surface area contributed by atoms with Crippen LogP contribution in [0.3, 0.4) is 0 Å². The number of methoxy groups -OCH3 is 2. The van der Waals surface area contributed by atoms with Gasteiger partial charge in [-0.2, -0.15) is 0 Å². The van der Waals surface area contributed by atoms with Crippen LogP contribution >= 0.6 is 15.9 Å². The van der Waals surface area contributed by atoms with Gasteiger partial charge >= 0.3 is 0 Å². The standard InChI is InChI=1S/C19H21BrN2O5/c1-4-9-27-15-8-6-13(20)11-14(15)19(24)22-21-18(23)12-5-7-16(25-2)17(10-12)26-3/h5-8,10-11H,4,9H2,1-3H3,(H,21,23)(H,22,24). The summed E-state index contributed by atoms with van der Waals surface area (Å²) >= 11 is 3.33. The lowest BCUT2D eigenvalue weighted by Crippen LogP contribution is -2.41. The maximum atomic E-state index is 12.5. The molecule has 0 aromatic heterocycles. The Bertz CT molecular complexity index is 826. The first-order chi connectivity index (χ1) is 13.0. The van der Waals surface area contributed by atoms with Crippen LogP contribution in [0.15, 0.2) is 40.9 Å². The minimum Gasteiger partial charge on any atom is -0.493 e. The number of ether oxygens (including phenoxy) is 3. The van der Waals surface area contributed by atoms with Crippen LogP contribution in [0.4, 0.5) is 0 Å². The van der Waals surface area contributed by atoms with Gasteiger partial charge in [0.1, 0.15) is 5.75 Å². The molecule has 2 aromatic rings. The summed E-state index contributed by atoms with van der Waals surface area (Å²) in [5, 5.41) is 0. The van der Waals surface area contributed by atoms with Crippen LogP contribution < -0.4 is 25.1 Å². The Morgan fingerprint density at radius 2 is 1.59 bits per heavy atom. The van der Waals surface area contributed by atoms with Gasteiger partial charge in [0, 0.05) is 10.0 Å². The first kappa shape index (κ1) is 20.6. The molecule has 0 saturated carbocycles. The summed E-state index contributed by atoms with van der Waals surface area (Å²) in [6.07, 6.45) is 0.813. The second-order valence-corrected chi connectivity index (χ2v) is 6.38. The van der Waals surface area contributed by atoms with Crippen molar-refractivity contribution in [3.05, 3.63) is 52.0 Å². The second-order valence-electron chi connectivity index (χ2n) is 5.47. The lowest BCUT2D eigenvalue weighted by Gasteiger charge is -2.13. The topological polar surface area (TPSA) is 85.9 Å². The zero-order chi connectivity index (χ0) is 19.8. The highest BCUT2D eigenvalue weighted by Gasteiger charge is 2.16. The van der Waals surface area contributed by atoms with Gasteiger partial charge in [0.05, 0.1) is 26.4 Å². The van der Waals surface area contributed by atoms with Crippen LogP contribution in [0.1, 0.15) is 34.1 Å². The van der Waals surface area contributed by atoms with Crippen molar-refractivity contribution < 1.29 is 23.8 Å². The first-order valence-electron chi connectivity index (χ1n) is 8.25. The van der Waals surface area contributed by atoms with E-state index < -0.39 is 11.8 Å². The van der Waals surface area contributed by atoms with Crippen molar-refractivity contribution in [1.29, 1.82) is 0 Å². The average molecular weight is 437 g/mol. The Morgan fingerprint density at radius 3 is 2.26 bits per heavy atom. The highest BCUT2D eigenvalue weighted by molar-refractivity contribution is 9.10. The molecule has 2 aromatic carbocycles. The van der Waals surface area contributed by atoms with E-state index in [9.17, 15) is 9.59 Å². The lowest BCUT2D eigenvalue weighted by molar-refractivity contribution is 0.0844. The summed E-state index contributed by atoms with van der Waals surface area (Å²) < 4.78 is 16.6. The molecule has 8 heteroatoms. The smallest absolute Gasteiger partial charge is 0.273 e. The van der Waals surface area contributed by atoms with E-state index in [4.69, 9.17) is 14.2 Å². The molecule has 2 amide bonds. The summed E-state index contributed by atoms with van der Waals surface area (Å²) in [5.41, 5.74) is 5.40. The van der Waals surface area contributed by atoms with Crippen LogP contribution in [-0.2, 0) is 0 Å². The van der Waals surface area contributed by atoms with Crippen LogP contribution in [0.2, 0.25) is 0 Å². The van der Waals surface area contributed by atoms with Crippen LogP contribution in [-0.4, -0.2) is 32.6 Å². The number of rotatable bonds is 7. The quantitative estimate of drug-likeness (QED) is 0.650. The Kier molecular flexibility index (Phi) is 7.48. The SMILES string of the molecule is CCCOc1ccc(Br)cc1C(=O)NNC(=O)c1ccc(OC)c(OC)c1. The Morgan fingerprint density at radius 1 is 0.926 bits per heavy atom. The summed E-state index contributed by atoms with van der Waals surface area (Å²) in [5.74, 6) is 0.383. The van der Waals surface area contributed by atoms with E-state index in [2.05, 4.69) is 26.8 Å². The van der Waals surface area contributed by atoms with E-state index in [0.717, 1.165) is 10.9 Å². The molecule has 27 heavy (non-hydrogen) atoms. The third kappa shape index (κ3) is 5.37. The normalized spacial score (nSPS) is 10.1. The van der Waals surface area contributed by atoms with Gasteiger partial charge in [-0.3, -0.25) is 20.4 Å². The lowest BCUT2D eigenvalue weighted by atomic mass is 10.2. The van der Waals surface area contributed by atoms with Crippen LogP contribution in [0, 0.1) is 0 Å². The molecule has 0 aliphatic rings. The van der Waals surface area contributed by atoms with Crippen molar-refractivity contribution in [2.45, 2.75) is 13.3 Å². The van der Waals surface area contributed by atoms with Gasteiger partial charge in [0.2, 0.25) is 0 Å². The Balaban J connectivity index is 2.09. The minimum absolute atomic E-state index is 0.310. The number of nitrogens with one attached hydrogen (secondary N) is 2. The third-order valence-electron chi connectivity index (χ3n) is 3.58. The molecule has 0 heterocycles. The fourth-order valence-corrected chi connectivity index (χ4v) is 2.61. The number of amides is 2. The van der Waals surface area contributed by atoms with E-state index in [1.165, 1.54) is 20.3 Å². The summed E-state index contributed by atoms with van der Waals surface area (Å²) in [4.78, 5) is 24.8. The van der Waals surface area contributed by atoms with Crippen LogP contribution in [0.5, 0.6) is 17.2 Å². The zero-order valence-electron chi connectivity index (χ0n) is 15.3. The van der Waals surface area contributed by atoms with E-state index >= 15 is 0 Å². The molecule has 2 rings (SSSR count). The summed E-state index contributed by atoms with van der Waals surface area (Å²) in [7, 11) is 2.99. The van der Waals surface area contributed by atoms with E-state index in [0.29, 0.717) is 35.0 Å². The number of hydrogen-bond donors (Lipinski definition) is 2. The number of carbonyl (C=O) groups excluding carboxylic acids is 2. The predicted molar refractivity (Wildman–Crippen MR) is 104 cm³/mol. The van der Waals surface area contributed by atoms with Crippen molar-refractivity contribution >= 4 is 27.7 Å². The Labute approximate surface area is 166 Å². The van der Waals surface area contributed by atoms with E-state index in [-0.39, 0.29) is 0 Å². The van der Waals surface area contributed by atoms with E-state index in [1.54, 1.807) is 30.3 Å². The average Bonchev–Trinajstić information content (AvgIpc) is 2.70. The maximum Gasteiger partial charge on any atom is 0.273 e. The first-order valence-corrected chi connectivity index (χ1v) is 9.04. The van der Waals surface area contributed by atoms with Gasteiger partial charge < -0.3 is 14.2 Å². The largest absolute Gasteiger partial charge is 0.493 e. The molecular formula is C19H21BrN2O5. The van der Waals surface area contributed by atoms with Crippen molar-refractivity contribution in [1.82, 2.24) is 10.9 Å². The molecule has 0 fully saturated rings. The highest BCUT2D eigenvalue weighted by atomic mass is 79.9. The summed E-state index contributed by atoms with van der Waals surface area (Å²) in [6, 6.07) is 9.81. The molecule has 0 radical (unpaired) electrons. The van der Waals surface area contributed by atoms with Gasteiger partial charge in [0.25, 0.3) is 11.8 Å². The maximum absolute atomic E-state index is 12.5. The number of hydrogen-bond acceptors (Lipinski definition) is 5. The number of carbonyl (C=O) groups is 2. The van der Waals surface area contributed by atoms with Crippen molar-refractivity contribution in [3.63, 3.8) is 0 Å². The minimum atomic E-state index is -0.490. The monoisotopic (exact) mass is 436 g/mol. The second kappa shape index (κ2) is 9.82. The molecule has 2 N–H and O–H groups in total. The van der Waals surface area contributed by atoms with Crippen molar-refractivity contribution in [2.24, 2.45) is 0 Å². The van der Waals surface area contributed by atoms with Gasteiger partial charge in [0.15, 0.2) is 11.5 Å². The van der Waals surface area contributed by atoms with Crippen molar-refractivity contribution in [3.8, 4) is 17.2 Å². The Hall–Kier alpha value is -2.74. The zero-order valence-corrected chi connectivity index (χ0v) is 16.9. The molecule has 0 spiro atoms. The molecule has 0 atom stereocenters. The molecular weight excluding hydrogens is 416 g/mol. The molecule has 144 valence electrons. The van der Waals surface area contributed by atoms with Gasteiger partial charge in [-0.25, -0.2) is 0 Å². The summed E-state index contributed by atoms with van der Waals surface area (Å²) in [6.45, 7) is 2.46. The molecule has 0 unspecified atom stereocenters. The van der Waals surface area contributed by atoms with Crippen molar-refractivity contribution in [2.75, 3.05) is 20.8 Å². The number of benzene rings is 2. The molecule has 0 aliphatic heterocycles.